The Kier molecular flexibility index (Phi) is 4.94. The minimum Gasteiger partial charge on any atom is -0.368 e. The molecule has 2 N–H and O–H groups in total. The first-order chi connectivity index (χ1) is 11.5. The number of aryl methyl sites for hydroxylation is 1. The van der Waals surface area contributed by atoms with E-state index < -0.39 is 0 Å². The van der Waals surface area contributed by atoms with Crippen LogP contribution >= 0.6 is 11.6 Å². The number of anilines is 1. The molecule has 126 valence electrons. The van der Waals surface area contributed by atoms with Crippen molar-refractivity contribution in [2.45, 2.75) is 25.7 Å². The number of rotatable bonds is 6. The van der Waals surface area contributed by atoms with Gasteiger partial charge < -0.3 is 10.6 Å². The Morgan fingerprint density at radius 3 is 2.79 bits per heavy atom. The van der Waals surface area contributed by atoms with Crippen LogP contribution in [0.5, 0.6) is 0 Å². The molecule has 1 amide bonds. The number of hydrogen-bond acceptors (Lipinski definition) is 4. The van der Waals surface area contributed by atoms with Gasteiger partial charge in [0.25, 0.3) is 5.91 Å². The summed E-state index contributed by atoms with van der Waals surface area (Å²) < 4.78 is 13.5. The lowest BCUT2D eigenvalue weighted by Crippen LogP contribution is -2.29. The van der Waals surface area contributed by atoms with Crippen molar-refractivity contribution in [2.24, 2.45) is 0 Å². The SMILES string of the molecule is Cc1ccc(C(=O)NCCNc2cc(Cl)nc(C3CC3)n2)cc1F. The first-order valence-electron chi connectivity index (χ1n) is 7.85. The van der Waals surface area contributed by atoms with Gasteiger partial charge in [-0.2, -0.15) is 0 Å². The summed E-state index contributed by atoms with van der Waals surface area (Å²) in [5.74, 6) is 1.14. The Balaban J connectivity index is 1.50. The van der Waals surface area contributed by atoms with Crippen molar-refractivity contribution in [3.63, 3.8) is 0 Å². The van der Waals surface area contributed by atoms with E-state index in [1.165, 1.54) is 6.07 Å². The van der Waals surface area contributed by atoms with Crippen LogP contribution in [0, 0.1) is 12.7 Å². The minimum atomic E-state index is -0.385. The largest absolute Gasteiger partial charge is 0.368 e. The first-order valence-corrected chi connectivity index (χ1v) is 8.23. The Morgan fingerprint density at radius 1 is 1.29 bits per heavy atom. The second-order valence-corrected chi connectivity index (χ2v) is 6.24. The number of aromatic nitrogens is 2. The van der Waals surface area contributed by atoms with E-state index in [1.54, 1.807) is 25.1 Å². The molecular formula is C17H18ClFN4O. The van der Waals surface area contributed by atoms with Gasteiger partial charge in [0.05, 0.1) is 0 Å². The fourth-order valence-corrected chi connectivity index (χ4v) is 2.44. The molecule has 0 saturated heterocycles. The predicted octanol–water partition coefficient (Wildman–Crippen LogP) is 3.30. The second-order valence-electron chi connectivity index (χ2n) is 5.86. The van der Waals surface area contributed by atoms with Crippen LogP contribution in [0.2, 0.25) is 5.15 Å². The number of carbonyl (C=O) groups is 1. The standard InChI is InChI=1S/C17H18ClFN4O/c1-10-2-3-12(8-13(10)19)17(24)21-7-6-20-15-9-14(18)22-16(23-15)11-4-5-11/h2-3,8-9,11H,4-7H2,1H3,(H,21,24)(H,20,22,23). The van der Waals surface area contributed by atoms with Gasteiger partial charge in [-0.15, -0.1) is 0 Å². The number of benzene rings is 1. The molecule has 0 bridgehead atoms. The minimum absolute atomic E-state index is 0.305. The molecular weight excluding hydrogens is 331 g/mol. The summed E-state index contributed by atoms with van der Waals surface area (Å²) in [6.07, 6.45) is 2.20. The molecule has 0 aliphatic heterocycles. The van der Waals surface area contributed by atoms with E-state index in [9.17, 15) is 9.18 Å². The van der Waals surface area contributed by atoms with E-state index in [-0.39, 0.29) is 11.7 Å². The normalized spacial score (nSPS) is 13.6. The molecule has 0 unspecified atom stereocenters. The Bertz CT molecular complexity index is 764. The summed E-state index contributed by atoms with van der Waals surface area (Å²) >= 11 is 6.00. The molecule has 2 aromatic rings. The summed E-state index contributed by atoms with van der Waals surface area (Å²) in [6, 6.07) is 6.09. The zero-order valence-electron chi connectivity index (χ0n) is 13.3. The number of halogens is 2. The van der Waals surface area contributed by atoms with E-state index in [1.807, 2.05) is 0 Å². The highest BCUT2D eigenvalue weighted by Gasteiger charge is 2.27. The average molecular weight is 349 g/mol. The maximum Gasteiger partial charge on any atom is 0.251 e. The van der Waals surface area contributed by atoms with Crippen LogP contribution in [-0.4, -0.2) is 29.0 Å². The smallest absolute Gasteiger partial charge is 0.251 e. The molecule has 0 spiro atoms. The fraction of sp³-hybridized carbons (Fsp3) is 0.353. The lowest BCUT2D eigenvalue weighted by Gasteiger charge is -2.09. The zero-order valence-corrected chi connectivity index (χ0v) is 14.0. The van der Waals surface area contributed by atoms with Crippen LogP contribution in [0.4, 0.5) is 10.2 Å². The van der Waals surface area contributed by atoms with Gasteiger partial charge in [0.2, 0.25) is 0 Å². The quantitative estimate of drug-likeness (QED) is 0.621. The van der Waals surface area contributed by atoms with E-state index in [0.717, 1.165) is 18.7 Å². The topological polar surface area (TPSA) is 66.9 Å². The van der Waals surface area contributed by atoms with Gasteiger partial charge in [-0.3, -0.25) is 4.79 Å². The maximum absolute atomic E-state index is 13.5. The van der Waals surface area contributed by atoms with Crippen LogP contribution in [0.15, 0.2) is 24.3 Å². The molecule has 1 saturated carbocycles. The highest BCUT2D eigenvalue weighted by molar-refractivity contribution is 6.29. The molecule has 1 aromatic heterocycles. The molecule has 0 radical (unpaired) electrons. The van der Waals surface area contributed by atoms with Gasteiger partial charge >= 0.3 is 0 Å². The predicted molar refractivity (Wildman–Crippen MR) is 91.0 cm³/mol. The monoisotopic (exact) mass is 348 g/mol. The summed E-state index contributed by atoms with van der Waals surface area (Å²) in [4.78, 5) is 20.6. The van der Waals surface area contributed by atoms with Crippen LogP contribution in [0.3, 0.4) is 0 Å². The summed E-state index contributed by atoms with van der Waals surface area (Å²) in [5.41, 5.74) is 0.819. The van der Waals surface area contributed by atoms with Crippen LogP contribution in [0.1, 0.15) is 40.5 Å². The van der Waals surface area contributed by atoms with Crippen molar-refractivity contribution < 1.29 is 9.18 Å². The third-order valence-corrected chi connectivity index (χ3v) is 4.00. The van der Waals surface area contributed by atoms with E-state index in [4.69, 9.17) is 11.6 Å². The van der Waals surface area contributed by atoms with Crippen molar-refractivity contribution in [3.05, 3.63) is 52.2 Å². The van der Waals surface area contributed by atoms with Crippen LogP contribution in [-0.2, 0) is 0 Å². The van der Waals surface area contributed by atoms with Crippen LogP contribution in [0.25, 0.3) is 0 Å². The maximum atomic E-state index is 13.5. The van der Waals surface area contributed by atoms with Crippen molar-refractivity contribution in [3.8, 4) is 0 Å². The Morgan fingerprint density at radius 2 is 2.08 bits per heavy atom. The third-order valence-electron chi connectivity index (χ3n) is 3.81. The van der Waals surface area contributed by atoms with Gasteiger partial charge in [-0.1, -0.05) is 17.7 Å². The average Bonchev–Trinajstić information content (AvgIpc) is 3.38. The van der Waals surface area contributed by atoms with E-state index >= 15 is 0 Å². The first kappa shape index (κ1) is 16.6. The van der Waals surface area contributed by atoms with Gasteiger partial charge in [-0.05, 0) is 37.5 Å². The number of nitrogens with zero attached hydrogens (tertiary/aromatic N) is 2. The van der Waals surface area contributed by atoms with E-state index in [0.29, 0.717) is 41.1 Å². The lowest BCUT2D eigenvalue weighted by atomic mass is 10.1. The highest BCUT2D eigenvalue weighted by atomic mass is 35.5. The Labute approximate surface area is 144 Å². The number of hydrogen-bond donors (Lipinski definition) is 2. The zero-order chi connectivity index (χ0) is 17.1. The van der Waals surface area contributed by atoms with Crippen molar-refractivity contribution in [1.82, 2.24) is 15.3 Å². The summed E-state index contributed by atoms with van der Waals surface area (Å²) in [6.45, 7) is 2.52. The number of amides is 1. The lowest BCUT2D eigenvalue weighted by molar-refractivity contribution is 0.0954. The molecule has 1 aliphatic rings. The molecule has 1 heterocycles. The second kappa shape index (κ2) is 7.13. The molecule has 1 aromatic carbocycles. The van der Waals surface area contributed by atoms with Crippen LogP contribution < -0.4 is 10.6 Å². The van der Waals surface area contributed by atoms with Gasteiger partial charge in [0, 0.05) is 30.6 Å². The molecule has 5 nitrogen and oxygen atoms in total. The molecule has 1 fully saturated rings. The molecule has 3 rings (SSSR count). The molecule has 7 heteroatoms. The van der Waals surface area contributed by atoms with Gasteiger partial charge in [-0.25, -0.2) is 14.4 Å². The number of nitrogens with one attached hydrogen (secondary N) is 2. The van der Waals surface area contributed by atoms with E-state index in [2.05, 4.69) is 20.6 Å². The number of carbonyl (C=O) groups excluding carboxylic acids is 1. The highest BCUT2D eigenvalue weighted by Crippen LogP contribution is 2.38. The molecule has 24 heavy (non-hydrogen) atoms. The van der Waals surface area contributed by atoms with Gasteiger partial charge in [0.1, 0.15) is 22.6 Å². The van der Waals surface area contributed by atoms with Crippen molar-refractivity contribution in [1.29, 1.82) is 0 Å². The molecule has 1 aliphatic carbocycles. The third kappa shape index (κ3) is 4.20. The van der Waals surface area contributed by atoms with Crippen molar-refractivity contribution in [2.75, 3.05) is 18.4 Å². The molecule has 0 atom stereocenters. The summed E-state index contributed by atoms with van der Waals surface area (Å²) in [7, 11) is 0. The van der Waals surface area contributed by atoms with Gasteiger partial charge in [0.15, 0.2) is 0 Å². The van der Waals surface area contributed by atoms with Crippen molar-refractivity contribution >= 4 is 23.3 Å². The fourth-order valence-electron chi connectivity index (χ4n) is 2.25. The Hall–Kier alpha value is -2.21. The summed E-state index contributed by atoms with van der Waals surface area (Å²) in [5, 5.41) is 6.26.